The van der Waals surface area contributed by atoms with Gasteiger partial charge in [0.2, 0.25) is 0 Å². The molecule has 4 nitrogen and oxygen atoms in total. The van der Waals surface area contributed by atoms with Crippen molar-refractivity contribution in [1.82, 2.24) is 4.98 Å². The molecule has 1 aromatic heterocycles. The van der Waals surface area contributed by atoms with E-state index in [4.69, 9.17) is 9.47 Å². The van der Waals surface area contributed by atoms with Crippen molar-refractivity contribution in [3.05, 3.63) is 88.4 Å². The van der Waals surface area contributed by atoms with E-state index in [2.05, 4.69) is 4.98 Å². The molecule has 0 aliphatic rings. The van der Waals surface area contributed by atoms with Gasteiger partial charge in [0.15, 0.2) is 0 Å². The largest absolute Gasteiger partial charge is 0.486 e. The topological polar surface area (TPSA) is 48.4 Å². The number of hydrogen-bond donors (Lipinski definition) is 0. The number of benzene rings is 3. The maximum atomic E-state index is 12.4. The molecule has 0 aliphatic heterocycles. The number of aryl methyl sites for hydroxylation is 1. The molecule has 4 rings (SSSR count). The second kappa shape index (κ2) is 8.23. The quantitative estimate of drug-likeness (QED) is 0.330. The van der Waals surface area contributed by atoms with Gasteiger partial charge in [-0.25, -0.2) is 4.98 Å². The number of aromatic nitrogens is 1. The first-order chi connectivity index (χ1) is 13.7. The van der Waals surface area contributed by atoms with Crippen LogP contribution in [0.25, 0.3) is 10.8 Å². The molecule has 28 heavy (non-hydrogen) atoms. The summed E-state index contributed by atoms with van der Waals surface area (Å²) in [7, 11) is 0. The molecule has 0 atom stereocenters. The molecule has 5 heteroatoms. The van der Waals surface area contributed by atoms with E-state index in [1.165, 1.54) is 16.9 Å². The molecule has 0 N–H and O–H groups in total. The minimum Gasteiger partial charge on any atom is -0.486 e. The molecule has 0 bridgehead atoms. The van der Waals surface area contributed by atoms with Crippen LogP contribution in [0.1, 0.15) is 16.3 Å². The second-order valence-electron chi connectivity index (χ2n) is 6.46. The number of nitrogens with zero attached hydrogens (tertiary/aromatic N) is 1. The van der Waals surface area contributed by atoms with Crippen LogP contribution in [0.2, 0.25) is 0 Å². The number of thiazole rings is 1. The zero-order valence-corrected chi connectivity index (χ0v) is 16.2. The van der Waals surface area contributed by atoms with Crippen LogP contribution in [0.5, 0.6) is 11.5 Å². The van der Waals surface area contributed by atoms with Gasteiger partial charge in [0, 0.05) is 10.8 Å². The van der Waals surface area contributed by atoms with Crippen molar-refractivity contribution in [2.45, 2.75) is 20.0 Å². The number of fused-ring (bicyclic) bond motifs is 1. The highest BCUT2D eigenvalue weighted by Gasteiger charge is 2.12. The lowest BCUT2D eigenvalue weighted by Gasteiger charge is -2.07. The summed E-state index contributed by atoms with van der Waals surface area (Å²) in [5.74, 6) is 1.05. The number of rotatable bonds is 6. The molecule has 1 heterocycles. The standard InChI is InChI=1S/C23H19NO3S/c1-16-9-11-19(12-10-16)26-14-22-24-18(15-28-22)13-23(25)27-21-8-4-6-17-5-2-3-7-20(17)21/h2-12,15H,13-14H2,1H3. The maximum Gasteiger partial charge on any atom is 0.317 e. The smallest absolute Gasteiger partial charge is 0.317 e. The molecule has 0 spiro atoms. The third-order valence-electron chi connectivity index (χ3n) is 4.28. The number of hydrogen-bond acceptors (Lipinski definition) is 5. The highest BCUT2D eigenvalue weighted by molar-refractivity contribution is 7.09. The SMILES string of the molecule is Cc1ccc(OCc2nc(CC(=O)Oc3cccc4ccccc34)cs2)cc1. The average Bonchev–Trinajstić information content (AvgIpc) is 3.15. The number of esters is 1. The zero-order valence-electron chi connectivity index (χ0n) is 15.4. The summed E-state index contributed by atoms with van der Waals surface area (Å²) < 4.78 is 11.3. The first kappa shape index (κ1) is 18.2. The number of ether oxygens (including phenoxy) is 2. The van der Waals surface area contributed by atoms with Gasteiger partial charge in [-0.2, -0.15) is 0 Å². The second-order valence-corrected chi connectivity index (χ2v) is 7.41. The van der Waals surface area contributed by atoms with E-state index < -0.39 is 0 Å². The molecule has 0 saturated heterocycles. The normalized spacial score (nSPS) is 10.8. The van der Waals surface area contributed by atoms with Crippen LogP contribution in [0.15, 0.2) is 72.1 Å². The summed E-state index contributed by atoms with van der Waals surface area (Å²) in [6, 6.07) is 21.4. The van der Waals surface area contributed by atoms with Gasteiger partial charge in [-0.3, -0.25) is 4.79 Å². The zero-order chi connectivity index (χ0) is 19.3. The van der Waals surface area contributed by atoms with Gasteiger partial charge >= 0.3 is 5.97 Å². The Morgan fingerprint density at radius 3 is 2.64 bits per heavy atom. The molecule has 0 amide bonds. The molecule has 0 radical (unpaired) electrons. The van der Waals surface area contributed by atoms with E-state index in [1.807, 2.05) is 79.0 Å². The van der Waals surface area contributed by atoms with Crippen molar-refractivity contribution in [1.29, 1.82) is 0 Å². The molecule has 0 aliphatic carbocycles. The van der Waals surface area contributed by atoms with E-state index in [-0.39, 0.29) is 12.4 Å². The van der Waals surface area contributed by atoms with Gasteiger partial charge in [0.1, 0.15) is 23.1 Å². The first-order valence-electron chi connectivity index (χ1n) is 8.98. The van der Waals surface area contributed by atoms with E-state index in [1.54, 1.807) is 0 Å². The summed E-state index contributed by atoms with van der Waals surface area (Å²) in [6.45, 7) is 2.42. The highest BCUT2D eigenvalue weighted by Crippen LogP contribution is 2.25. The molecule has 0 unspecified atom stereocenters. The lowest BCUT2D eigenvalue weighted by Crippen LogP contribution is -2.11. The molecular weight excluding hydrogens is 370 g/mol. The predicted octanol–water partition coefficient (Wildman–Crippen LogP) is 5.33. The fraction of sp³-hybridized carbons (Fsp3) is 0.130. The van der Waals surface area contributed by atoms with Crippen LogP contribution in [0, 0.1) is 6.92 Å². The van der Waals surface area contributed by atoms with Crippen molar-refractivity contribution in [3.63, 3.8) is 0 Å². The van der Waals surface area contributed by atoms with E-state index in [0.29, 0.717) is 18.1 Å². The minimum absolute atomic E-state index is 0.129. The molecule has 4 aromatic rings. The Bertz CT molecular complexity index is 1100. The van der Waals surface area contributed by atoms with Crippen LogP contribution >= 0.6 is 11.3 Å². The lowest BCUT2D eigenvalue weighted by atomic mass is 10.1. The van der Waals surface area contributed by atoms with Gasteiger partial charge < -0.3 is 9.47 Å². The van der Waals surface area contributed by atoms with Gasteiger partial charge in [-0.1, -0.05) is 54.1 Å². The van der Waals surface area contributed by atoms with Crippen molar-refractivity contribution in [2.24, 2.45) is 0 Å². The van der Waals surface area contributed by atoms with Gasteiger partial charge in [0.05, 0.1) is 12.1 Å². The Kier molecular flexibility index (Phi) is 5.35. The molecule has 3 aromatic carbocycles. The minimum atomic E-state index is -0.326. The summed E-state index contributed by atoms with van der Waals surface area (Å²) in [5, 5.41) is 4.66. The fourth-order valence-electron chi connectivity index (χ4n) is 2.87. The van der Waals surface area contributed by atoms with Crippen LogP contribution in [0.4, 0.5) is 0 Å². The van der Waals surface area contributed by atoms with E-state index >= 15 is 0 Å². The third kappa shape index (κ3) is 4.38. The Morgan fingerprint density at radius 1 is 1.00 bits per heavy atom. The summed E-state index contributed by atoms with van der Waals surface area (Å²) in [4.78, 5) is 16.8. The highest BCUT2D eigenvalue weighted by atomic mass is 32.1. The molecular formula is C23H19NO3S. The van der Waals surface area contributed by atoms with Crippen molar-refractivity contribution < 1.29 is 14.3 Å². The van der Waals surface area contributed by atoms with Gasteiger partial charge in [-0.05, 0) is 30.5 Å². The summed E-state index contributed by atoms with van der Waals surface area (Å²) in [6.07, 6.45) is 0.129. The van der Waals surface area contributed by atoms with Crippen molar-refractivity contribution in [3.8, 4) is 11.5 Å². The Morgan fingerprint density at radius 2 is 1.79 bits per heavy atom. The molecule has 0 fully saturated rings. The molecule has 140 valence electrons. The first-order valence-corrected chi connectivity index (χ1v) is 9.86. The van der Waals surface area contributed by atoms with E-state index in [0.717, 1.165) is 21.5 Å². The number of carbonyl (C=O) groups excluding carboxylic acids is 1. The lowest BCUT2D eigenvalue weighted by molar-refractivity contribution is -0.133. The molecule has 0 saturated carbocycles. The summed E-state index contributed by atoms with van der Waals surface area (Å²) in [5.41, 5.74) is 1.88. The Labute approximate surface area is 167 Å². The van der Waals surface area contributed by atoms with Crippen LogP contribution in [0.3, 0.4) is 0 Å². The van der Waals surface area contributed by atoms with Crippen LogP contribution in [-0.2, 0) is 17.8 Å². The van der Waals surface area contributed by atoms with Crippen LogP contribution in [-0.4, -0.2) is 11.0 Å². The van der Waals surface area contributed by atoms with Gasteiger partial charge in [-0.15, -0.1) is 11.3 Å². The van der Waals surface area contributed by atoms with Crippen molar-refractivity contribution >= 4 is 28.1 Å². The van der Waals surface area contributed by atoms with E-state index in [9.17, 15) is 4.79 Å². The monoisotopic (exact) mass is 389 g/mol. The Balaban J connectivity index is 1.36. The third-order valence-corrected chi connectivity index (χ3v) is 5.15. The van der Waals surface area contributed by atoms with Gasteiger partial charge in [0.25, 0.3) is 0 Å². The fourth-order valence-corrected chi connectivity index (χ4v) is 3.57. The van der Waals surface area contributed by atoms with Crippen LogP contribution < -0.4 is 9.47 Å². The summed E-state index contributed by atoms with van der Waals surface area (Å²) >= 11 is 1.48. The average molecular weight is 389 g/mol. The maximum absolute atomic E-state index is 12.4. The predicted molar refractivity (Wildman–Crippen MR) is 111 cm³/mol. The van der Waals surface area contributed by atoms with Crippen molar-refractivity contribution in [2.75, 3.05) is 0 Å². The Hall–Kier alpha value is -3.18. The number of carbonyl (C=O) groups is 1.